The van der Waals surface area contributed by atoms with E-state index in [-0.39, 0.29) is 53.7 Å². The number of hydrogen-bond donors (Lipinski definition) is 1. The van der Waals surface area contributed by atoms with Crippen LogP contribution >= 0.6 is 0 Å². The molecule has 1 N–H and O–H groups in total. The molecule has 43 heavy (non-hydrogen) atoms. The molecule has 2 saturated heterocycles. The molecule has 0 bridgehead atoms. The minimum absolute atomic E-state index is 0.0956. The molecule has 0 amide bonds. The Morgan fingerprint density at radius 1 is 1.00 bits per heavy atom. The quantitative estimate of drug-likeness (QED) is 0.361. The molecule has 1 aliphatic carbocycles. The number of likely N-dealkylation sites (N-methyl/N-ethyl adjacent to an activating group) is 1. The van der Waals surface area contributed by atoms with E-state index in [0.717, 1.165) is 0 Å². The lowest BCUT2D eigenvalue weighted by Crippen LogP contribution is -2.57. The van der Waals surface area contributed by atoms with Crippen LogP contribution in [-0.2, 0) is 33.4 Å². The second kappa shape index (κ2) is 13.8. The predicted octanol–water partition coefficient (Wildman–Crippen LogP) is 4.61. The summed E-state index contributed by atoms with van der Waals surface area (Å²) < 4.78 is 18.7. The minimum Gasteiger partial charge on any atom is -0.461 e. The number of cyclic esters (lactones) is 1. The van der Waals surface area contributed by atoms with Gasteiger partial charge in [-0.3, -0.25) is 19.2 Å². The summed E-state index contributed by atoms with van der Waals surface area (Å²) in [5.41, 5.74) is -1.36. The first-order valence-electron chi connectivity index (χ1n) is 16.3. The average molecular weight is 608 g/mol. The molecule has 9 heteroatoms. The number of fused-ring (bicyclic) bond motifs is 1. The average Bonchev–Trinajstić information content (AvgIpc) is 2.93. The van der Waals surface area contributed by atoms with Crippen LogP contribution in [0.3, 0.4) is 0 Å². The first-order valence-corrected chi connectivity index (χ1v) is 16.3. The van der Waals surface area contributed by atoms with Gasteiger partial charge in [-0.15, -0.1) is 0 Å². The van der Waals surface area contributed by atoms with Gasteiger partial charge in [0.1, 0.15) is 29.7 Å². The van der Waals surface area contributed by atoms with E-state index in [0.29, 0.717) is 32.1 Å². The number of nitrogens with zero attached hydrogens (tertiary/aromatic N) is 1. The van der Waals surface area contributed by atoms with Gasteiger partial charge in [-0.05, 0) is 65.0 Å². The highest BCUT2D eigenvalue weighted by Crippen LogP contribution is 2.48. The Morgan fingerprint density at radius 2 is 1.63 bits per heavy atom. The summed E-state index contributed by atoms with van der Waals surface area (Å²) >= 11 is 0. The Labute approximate surface area is 258 Å². The summed E-state index contributed by atoms with van der Waals surface area (Å²) in [5.74, 6) is -3.49. The van der Waals surface area contributed by atoms with Crippen molar-refractivity contribution in [2.24, 2.45) is 40.4 Å². The standard InChI is InChI=1S/C34H57NO8/c1-12-26-34(8,9)24-16-22(36)13-14-23(24)27(37)18(2)17-33(6,7)30(20(4)28(38)21(5)31(40)42-26)43-32-29(39)25(35(10)11)15-19(3)41-32/h18-21,23-26,29-30,32,39H,12-17H2,1-11H3/t18-,19-,20+,21-,23?,24?,25+,26-,29-,30-,32+/m1/s1. The fourth-order valence-corrected chi connectivity index (χ4v) is 8.18. The van der Waals surface area contributed by atoms with Crippen LogP contribution in [0.2, 0.25) is 0 Å². The monoisotopic (exact) mass is 607 g/mol. The lowest BCUT2D eigenvalue weighted by molar-refractivity contribution is -0.285. The van der Waals surface area contributed by atoms with E-state index < -0.39 is 53.2 Å². The number of carbonyl (C=O) groups excluding carboxylic acids is 4. The van der Waals surface area contributed by atoms with Gasteiger partial charge in [0.05, 0.1) is 12.2 Å². The molecule has 11 atom stereocenters. The molecular formula is C34H57NO8. The maximum Gasteiger partial charge on any atom is 0.316 e. The lowest BCUT2D eigenvalue weighted by Gasteiger charge is -2.48. The molecule has 0 radical (unpaired) electrons. The zero-order valence-electron chi connectivity index (χ0n) is 28.3. The summed E-state index contributed by atoms with van der Waals surface area (Å²) in [7, 11) is 3.80. The third-order valence-electron chi connectivity index (χ3n) is 10.8. The number of rotatable bonds is 4. The Hall–Kier alpha value is -1.68. The number of ketones is 3. The predicted molar refractivity (Wildman–Crippen MR) is 163 cm³/mol. The van der Waals surface area contributed by atoms with Crippen molar-refractivity contribution in [1.29, 1.82) is 0 Å². The van der Waals surface area contributed by atoms with Gasteiger partial charge in [0.25, 0.3) is 0 Å². The van der Waals surface area contributed by atoms with Crippen LogP contribution in [0.4, 0.5) is 0 Å². The highest BCUT2D eigenvalue weighted by Gasteiger charge is 2.51. The smallest absolute Gasteiger partial charge is 0.316 e. The zero-order valence-corrected chi connectivity index (χ0v) is 28.3. The lowest BCUT2D eigenvalue weighted by atomic mass is 9.59. The topological polar surface area (TPSA) is 119 Å². The van der Waals surface area contributed by atoms with E-state index >= 15 is 0 Å². The summed E-state index contributed by atoms with van der Waals surface area (Å²) in [4.78, 5) is 56.3. The normalized spacial score (nSPS) is 41.4. The van der Waals surface area contributed by atoms with Gasteiger partial charge in [0.2, 0.25) is 0 Å². The summed E-state index contributed by atoms with van der Waals surface area (Å²) in [6, 6.07) is -0.198. The number of ether oxygens (including phenoxy) is 3. The van der Waals surface area contributed by atoms with Crippen LogP contribution < -0.4 is 0 Å². The molecule has 3 aliphatic rings. The van der Waals surface area contributed by atoms with Crippen molar-refractivity contribution >= 4 is 23.3 Å². The molecule has 3 rings (SSSR count). The van der Waals surface area contributed by atoms with E-state index in [1.165, 1.54) is 0 Å². The van der Waals surface area contributed by atoms with Gasteiger partial charge in [0, 0.05) is 42.1 Å². The Balaban J connectivity index is 2.07. The van der Waals surface area contributed by atoms with Crippen LogP contribution in [0, 0.1) is 40.4 Å². The van der Waals surface area contributed by atoms with Crippen LogP contribution in [0.1, 0.15) is 101 Å². The summed E-state index contributed by atoms with van der Waals surface area (Å²) in [5, 5.41) is 11.3. The third kappa shape index (κ3) is 7.59. The zero-order chi connectivity index (χ0) is 32.6. The highest BCUT2D eigenvalue weighted by molar-refractivity contribution is 6.00. The first-order chi connectivity index (χ1) is 19.8. The van der Waals surface area contributed by atoms with Crippen molar-refractivity contribution in [1.82, 2.24) is 4.90 Å². The van der Waals surface area contributed by atoms with E-state index in [1.807, 2.05) is 67.5 Å². The van der Waals surface area contributed by atoms with Crippen LogP contribution in [-0.4, -0.2) is 84.2 Å². The first kappa shape index (κ1) is 35.8. The van der Waals surface area contributed by atoms with Gasteiger partial charge in [-0.25, -0.2) is 0 Å². The second-order valence-corrected chi connectivity index (χ2v) is 15.2. The Bertz CT molecular complexity index is 1040. The number of aliphatic hydroxyl groups is 1. The maximum absolute atomic E-state index is 14.2. The molecule has 0 aromatic carbocycles. The van der Waals surface area contributed by atoms with Gasteiger partial charge in [-0.1, -0.05) is 48.5 Å². The molecule has 0 aromatic rings. The van der Waals surface area contributed by atoms with Gasteiger partial charge >= 0.3 is 5.97 Å². The molecule has 9 nitrogen and oxygen atoms in total. The molecule has 2 unspecified atom stereocenters. The molecule has 3 fully saturated rings. The minimum atomic E-state index is -1.04. The van der Waals surface area contributed by atoms with Crippen molar-refractivity contribution in [3.8, 4) is 0 Å². The number of esters is 1. The number of aliphatic hydroxyl groups excluding tert-OH is 1. The summed E-state index contributed by atoms with van der Waals surface area (Å²) in [6.45, 7) is 17.0. The van der Waals surface area contributed by atoms with Crippen molar-refractivity contribution in [3.63, 3.8) is 0 Å². The van der Waals surface area contributed by atoms with Crippen LogP contribution in [0.25, 0.3) is 0 Å². The molecule has 246 valence electrons. The number of hydrogen-bond acceptors (Lipinski definition) is 9. The van der Waals surface area contributed by atoms with Crippen molar-refractivity contribution in [2.45, 2.75) is 138 Å². The number of Topliss-reactive ketones (excluding diaryl/α,β-unsaturated/α-hetero) is 3. The highest BCUT2D eigenvalue weighted by atomic mass is 16.7. The molecule has 1 saturated carbocycles. The SMILES string of the molecule is CC[C@H]1OC(=O)[C@H](C)C(=O)[C@H](C)[C@@H](O[C@@H]2O[C@H](C)C[C@H](N(C)C)[C@H]2O)C(C)(C)C[C@@H](C)C(=O)C2CCC(=O)CC2C1(C)C. The van der Waals surface area contributed by atoms with Gasteiger partial charge < -0.3 is 24.2 Å². The molecule has 0 aromatic heterocycles. The van der Waals surface area contributed by atoms with Gasteiger partial charge in [0.15, 0.2) is 12.1 Å². The van der Waals surface area contributed by atoms with Crippen LogP contribution in [0.5, 0.6) is 0 Å². The van der Waals surface area contributed by atoms with Crippen molar-refractivity contribution in [3.05, 3.63) is 0 Å². The largest absolute Gasteiger partial charge is 0.461 e. The third-order valence-corrected chi connectivity index (χ3v) is 10.8. The van der Waals surface area contributed by atoms with E-state index in [1.54, 1.807) is 13.8 Å². The molecule has 2 heterocycles. The fourth-order valence-electron chi connectivity index (χ4n) is 8.18. The van der Waals surface area contributed by atoms with E-state index in [2.05, 4.69) is 0 Å². The van der Waals surface area contributed by atoms with Crippen molar-refractivity contribution < 1.29 is 38.5 Å². The summed E-state index contributed by atoms with van der Waals surface area (Å²) in [6.07, 6.45) is -0.759. The fraction of sp³-hybridized carbons (Fsp3) is 0.882. The molecule has 2 aliphatic heterocycles. The van der Waals surface area contributed by atoms with E-state index in [4.69, 9.17) is 14.2 Å². The van der Waals surface area contributed by atoms with Gasteiger partial charge in [-0.2, -0.15) is 0 Å². The van der Waals surface area contributed by atoms with Crippen molar-refractivity contribution in [2.75, 3.05) is 14.1 Å². The Kier molecular flexibility index (Phi) is 11.5. The van der Waals surface area contributed by atoms with Crippen LogP contribution in [0.15, 0.2) is 0 Å². The molecule has 0 spiro atoms. The van der Waals surface area contributed by atoms with E-state index in [9.17, 15) is 24.3 Å². The maximum atomic E-state index is 14.2. The molecular weight excluding hydrogens is 550 g/mol. The Morgan fingerprint density at radius 3 is 2.21 bits per heavy atom. The second-order valence-electron chi connectivity index (χ2n) is 15.2. The number of carbonyl (C=O) groups is 4.